The third-order valence-corrected chi connectivity index (χ3v) is 17.0. The number of hydrogen-bond acceptors (Lipinski definition) is 3. The molecule has 8 aromatic carbocycles. The molecule has 2 aliphatic carbocycles. The normalized spacial score (nSPS) is 17.9. The van der Waals surface area contributed by atoms with Crippen molar-refractivity contribution in [3.8, 4) is 33.4 Å². The summed E-state index contributed by atoms with van der Waals surface area (Å²) in [5.74, 6) is 0. The topological polar surface area (TPSA) is 19.6 Å². The fourth-order valence-electron chi connectivity index (χ4n) is 12.8. The lowest BCUT2D eigenvalue weighted by Gasteiger charge is -2.49. The molecular weight excluding hydrogens is 824 g/mol. The highest BCUT2D eigenvalue weighted by atomic mass is 16.3. The van der Waals surface area contributed by atoms with E-state index < -0.39 is 0 Å². The smallest absolute Gasteiger partial charge is 0.333 e. The van der Waals surface area contributed by atoms with E-state index in [0.29, 0.717) is 0 Å². The number of anilines is 5. The van der Waals surface area contributed by atoms with Gasteiger partial charge in [0.05, 0.1) is 0 Å². The van der Waals surface area contributed by atoms with E-state index in [9.17, 15) is 0 Å². The minimum atomic E-state index is -0.138. The second kappa shape index (κ2) is 14.4. The average molecular weight is 883 g/mol. The van der Waals surface area contributed by atoms with E-state index in [1.807, 2.05) is 0 Å². The first-order valence-corrected chi connectivity index (χ1v) is 25.0. The van der Waals surface area contributed by atoms with Crippen molar-refractivity contribution in [2.75, 3.05) is 9.71 Å². The molecule has 3 heterocycles. The van der Waals surface area contributed by atoms with Crippen LogP contribution in [0.25, 0.3) is 55.3 Å². The molecule has 4 heteroatoms. The molecule has 0 fully saturated rings. The standard InChI is InChI=1S/C64H59BN2O/c1-61(2)31-32-62(3,4)49-36-45(28-29-48(49)61)66-54-38-51-50(63(5,6)33-34-64(51,7)8)37-52(54)65-60-55(66)39-57-58(46-21-15-16-22-56(46)68-57)59(60)47-35-43(41-19-13-10-14-20-41)25-30-53(47)67(65)44-26-23-42(24-27-44)40-17-11-9-12-18-40/h9-30,35-39H,31-34H2,1-8H3. The van der Waals surface area contributed by atoms with E-state index in [1.54, 1.807) is 0 Å². The molecule has 0 radical (unpaired) electrons. The number of benzene rings is 8. The van der Waals surface area contributed by atoms with Crippen molar-refractivity contribution < 1.29 is 4.42 Å². The monoisotopic (exact) mass is 882 g/mol. The summed E-state index contributed by atoms with van der Waals surface area (Å²) >= 11 is 0. The van der Waals surface area contributed by atoms with Gasteiger partial charge < -0.3 is 14.1 Å². The molecule has 0 atom stereocenters. The van der Waals surface area contributed by atoms with Crippen molar-refractivity contribution in [1.82, 2.24) is 0 Å². The van der Waals surface area contributed by atoms with E-state index in [2.05, 4.69) is 229 Å². The number of furan rings is 1. The summed E-state index contributed by atoms with van der Waals surface area (Å²) in [6, 6.07) is 62.0. The highest BCUT2D eigenvalue weighted by Gasteiger charge is 2.49. The molecular formula is C64H59BN2O. The van der Waals surface area contributed by atoms with Gasteiger partial charge in [0.2, 0.25) is 0 Å². The molecule has 0 bridgehead atoms. The summed E-state index contributed by atoms with van der Waals surface area (Å²) in [6.45, 7) is 19.5. The molecule has 3 nitrogen and oxygen atoms in total. The Balaban J connectivity index is 1.18. The maximum absolute atomic E-state index is 7.05. The summed E-state index contributed by atoms with van der Waals surface area (Å²) in [7, 11) is 0. The van der Waals surface area contributed by atoms with Gasteiger partial charge in [-0.05, 0) is 157 Å². The molecule has 0 amide bonds. The number of nitrogens with zero attached hydrogens (tertiary/aromatic N) is 2. The van der Waals surface area contributed by atoms with Gasteiger partial charge in [-0.2, -0.15) is 0 Å². The third-order valence-electron chi connectivity index (χ3n) is 17.0. The van der Waals surface area contributed by atoms with Crippen LogP contribution in [0, 0.1) is 0 Å². The fourth-order valence-corrected chi connectivity index (χ4v) is 12.8. The second-order valence-corrected chi connectivity index (χ2v) is 23.0. The molecule has 13 rings (SSSR count). The first kappa shape index (κ1) is 41.4. The fraction of sp³-hybridized carbons (Fsp3) is 0.250. The van der Waals surface area contributed by atoms with Gasteiger partial charge in [-0.3, -0.25) is 0 Å². The van der Waals surface area contributed by atoms with Crippen LogP contribution in [0.3, 0.4) is 0 Å². The highest BCUT2D eigenvalue weighted by molar-refractivity contribution is 6.94. The second-order valence-electron chi connectivity index (χ2n) is 23.0. The van der Waals surface area contributed by atoms with Crippen molar-refractivity contribution in [3.05, 3.63) is 186 Å². The number of para-hydroxylation sites is 1. The Kier molecular flexibility index (Phi) is 8.75. The Hall–Kier alpha value is -6.78. The Bertz CT molecular complexity index is 3520. The van der Waals surface area contributed by atoms with Gasteiger partial charge in [0.1, 0.15) is 11.2 Å². The van der Waals surface area contributed by atoms with Crippen molar-refractivity contribution in [1.29, 1.82) is 0 Å². The zero-order valence-electron chi connectivity index (χ0n) is 40.8. The van der Waals surface area contributed by atoms with Gasteiger partial charge >= 0.3 is 6.85 Å². The van der Waals surface area contributed by atoms with Crippen molar-refractivity contribution >= 4 is 68.1 Å². The molecule has 9 aromatic rings. The third kappa shape index (κ3) is 6.05. The van der Waals surface area contributed by atoms with Crippen LogP contribution in [0.4, 0.5) is 28.4 Å². The molecule has 68 heavy (non-hydrogen) atoms. The van der Waals surface area contributed by atoms with Gasteiger partial charge in [-0.25, -0.2) is 0 Å². The Morgan fingerprint density at radius 1 is 0.426 bits per heavy atom. The molecule has 0 saturated heterocycles. The minimum absolute atomic E-state index is 0.0132. The van der Waals surface area contributed by atoms with Crippen LogP contribution in [0.2, 0.25) is 0 Å². The lowest BCUT2D eigenvalue weighted by Crippen LogP contribution is -2.62. The van der Waals surface area contributed by atoms with Crippen LogP contribution >= 0.6 is 0 Å². The summed E-state index contributed by atoms with van der Waals surface area (Å²) < 4.78 is 7.05. The maximum Gasteiger partial charge on any atom is 0.333 e. The lowest BCUT2D eigenvalue weighted by atomic mass is 9.42. The Morgan fingerprint density at radius 2 is 0.971 bits per heavy atom. The number of hydrogen-bond donors (Lipinski definition) is 0. The molecule has 0 saturated carbocycles. The largest absolute Gasteiger partial charge is 0.456 e. The predicted octanol–water partition coefficient (Wildman–Crippen LogP) is 16.3. The van der Waals surface area contributed by atoms with Gasteiger partial charge in [-0.15, -0.1) is 0 Å². The van der Waals surface area contributed by atoms with E-state index in [4.69, 9.17) is 4.42 Å². The zero-order chi connectivity index (χ0) is 46.5. The molecule has 0 spiro atoms. The van der Waals surface area contributed by atoms with E-state index >= 15 is 0 Å². The first-order valence-electron chi connectivity index (χ1n) is 25.0. The van der Waals surface area contributed by atoms with Gasteiger partial charge in [0.15, 0.2) is 0 Å². The predicted molar refractivity (Wildman–Crippen MR) is 289 cm³/mol. The summed E-state index contributed by atoms with van der Waals surface area (Å²) in [4.78, 5) is 5.33. The van der Waals surface area contributed by atoms with Crippen LogP contribution < -0.4 is 20.6 Å². The summed E-state index contributed by atoms with van der Waals surface area (Å²) in [5, 5.41) is 2.34. The lowest BCUT2D eigenvalue weighted by molar-refractivity contribution is 0.332. The Labute approximate surface area is 402 Å². The van der Waals surface area contributed by atoms with Crippen LogP contribution in [0.1, 0.15) is 103 Å². The molecule has 0 unspecified atom stereocenters. The molecule has 334 valence electrons. The molecule has 2 aliphatic heterocycles. The van der Waals surface area contributed by atoms with E-state index in [0.717, 1.165) is 35.8 Å². The quantitative estimate of drug-likeness (QED) is 0.164. The van der Waals surface area contributed by atoms with Crippen LogP contribution in [0.5, 0.6) is 0 Å². The average Bonchev–Trinajstić information content (AvgIpc) is 3.73. The highest BCUT2D eigenvalue weighted by Crippen LogP contribution is 2.55. The first-order chi connectivity index (χ1) is 32.7. The number of fused-ring (bicyclic) bond motifs is 10. The SMILES string of the molecule is CC1(C)CCC(C)(C)c2cc(N3c4cc5c(cc4B4c6c3cc3oc7ccccc7c3c6-c3cc(-c6ccccc6)ccc3N4c3ccc(-c4ccccc4)cc3)C(C)(C)CCC5(C)C)ccc21. The van der Waals surface area contributed by atoms with Gasteiger partial charge in [0.25, 0.3) is 0 Å². The van der Waals surface area contributed by atoms with Crippen molar-refractivity contribution in [3.63, 3.8) is 0 Å². The molecule has 1 aromatic heterocycles. The molecule has 0 N–H and O–H groups in total. The van der Waals surface area contributed by atoms with Crippen LogP contribution in [-0.4, -0.2) is 6.85 Å². The number of rotatable bonds is 4. The zero-order valence-corrected chi connectivity index (χ0v) is 40.8. The van der Waals surface area contributed by atoms with Crippen LogP contribution in [0.15, 0.2) is 168 Å². The summed E-state index contributed by atoms with van der Waals surface area (Å²) in [6.07, 6.45) is 4.63. The van der Waals surface area contributed by atoms with Crippen molar-refractivity contribution in [2.45, 2.75) is 103 Å². The Morgan fingerprint density at radius 3 is 1.65 bits per heavy atom. The maximum atomic E-state index is 7.05. The molecule has 4 aliphatic rings. The van der Waals surface area contributed by atoms with Gasteiger partial charge in [0, 0.05) is 50.8 Å². The summed E-state index contributed by atoms with van der Waals surface area (Å²) in [5.41, 5.74) is 23.9. The van der Waals surface area contributed by atoms with Crippen LogP contribution in [-0.2, 0) is 21.7 Å². The van der Waals surface area contributed by atoms with E-state index in [-0.39, 0.29) is 28.5 Å². The van der Waals surface area contributed by atoms with Crippen molar-refractivity contribution in [2.24, 2.45) is 0 Å². The van der Waals surface area contributed by atoms with Gasteiger partial charge in [-0.1, -0.05) is 165 Å². The minimum Gasteiger partial charge on any atom is -0.456 e. The van der Waals surface area contributed by atoms with E-state index in [1.165, 1.54) is 107 Å².